The maximum Gasteiger partial charge on any atom is 0.274 e. The highest BCUT2D eigenvalue weighted by molar-refractivity contribution is 5.92. The molecule has 5 rings (SSSR count). The molecule has 3 aromatic rings. The van der Waals surface area contributed by atoms with Crippen molar-refractivity contribution in [3.63, 3.8) is 0 Å². The highest BCUT2D eigenvalue weighted by Gasteiger charge is 2.27. The van der Waals surface area contributed by atoms with Gasteiger partial charge < -0.3 is 9.64 Å². The van der Waals surface area contributed by atoms with E-state index in [-0.39, 0.29) is 5.91 Å². The van der Waals surface area contributed by atoms with E-state index in [0.717, 1.165) is 43.0 Å². The Morgan fingerprint density at radius 1 is 1.17 bits per heavy atom. The van der Waals surface area contributed by atoms with Crippen molar-refractivity contribution in [2.75, 3.05) is 19.7 Å². The van der Waals surface area contributed by atoms with E-state index in [1.807, 2.05) is 47.8 Å². The number of piperidine rings is 1. The van der Waals surface area contributed by atoms with Gasteiger partial charge in [0.25, 0.3) is 5.91 Å². The average molecular weight is 394 g/mol. The highest BCUT2D eigenvalue weighted by atomic mass is 16.5. The Morgan fingerprint density at radius 3 is 2.66 bits per heavy atom. The van der Waals surface area contributed by atoms with Crippen LogP contribution in [-0.4, -0.2) is 54.9 Å². The van der Waals surface area contributed by atoms with Crippen LogP contribution in [0.3, 0.4) is 0 Å². The fraction of sp³-hybridized carbons (Fsp3) is 0.524. The Hall–Kier alpha value is -2.90. The minimum atomic E-state index is 0.0201. The largest absolute Gasteiger partial charge is 0.476 e. The summed E-state index contributed by atoms with van der Waals surface area (Å²) >= 11 is 0. The van der Waals surface area contributed by atoms with Gasteiger partial charge in [-0.05, 0) is 50.7 Å². The molecular weight excluding hydrogens is 368 g/mol. The van der Waals surface area contributed by atoms with Crippen molar-refractivity contribution >= 4 is 11.6 Å². The van der Waals surface area contributed by atoms with Gasteiger partial charge in [-0.1, -0.05) is 0 Å². The molecule has 29 heavy (non-hydrogen) atoms. The molecule has 1 aliphatic heterocycles. The number of carbonyl (C=O) groups excluding carboxylic acids is 1. The Kier molecular flexibility index (Phi) is 4.49. The first-order valence-corrected chi connectivity index (χ1v) is 10.4. The third-order valence-electron chi connectivity index (χ3n) is 6.01. The summed E-state index contributed by atoms with van der Waals surface area (Å²) in [6, 6.07) is 5.70. The molecule has 0 radical (unpaired) electrons. The van der Waals surface area contributed by atoms with Crippen molar-refractivity contribution in [1.29, 1.82) is 0 Å². The van der Waals surface area contributed by atoms with Crippen LogP contribution in [-0.2, 0) is 7.05 Å². The van der Waals surface area contributed by atoms with Crippen LogP contribution in [0, 0.1) is 12.8 Å². The smallest absolute Gasteiger partial charge is 0.274 e. The number of fused-ring (bicyclic) bond motifs is 1. The molecule has 0 atom stereocenters. The summed E-state index contributed by atoms with van der Waals surface area (Å²) in [7, 11) is 1.86. The molecule has 0 bridgehead atoms. The SMILES string of the molecule is Cc1cc(C(=O)N2CCC(COc3ccc4nc(C5CC5)cn4n3)CC2)nn1C. The van der Waals surface area contributed by atoms with Crippen LogP contribution in [0.2, 0.25) is 0 Å². The lowest BCUT2D eigenvalue weighted by Gasteiger charge is -2.31. The molecule has 8 nitrogen and oxygen atoms in total. The summed E-state index contributed by atoms with van der Waals surface area (Å²) in [6.45, 7) is 4.05. The molecule has 1 saturated heterocycles. The van der Waals surface area contributed by atoms with Gasteiger partial charge in [-0.2, -0.15) is 5.10 Å². The summed E-state index contributed by atoms with van der Waals surface area (Å²) in [5, 5.41) is 8.85. The Bertz CT molecular complexity index is 1020. The molecule has 0 spiro atoms. The number of aromatic nitrogens is 5. The molecule has 0 N–H and O–H groups in total. The molecule has 1 aliphatic carbocycles. The van der Waals surface area contributed by atoms with E-state index in [4.69, 9.17) is 4.74 Å². The van der Waals surface area contributed by atoms with Gasteiger partial charge in [-0.15, -0.1) is 5.10 Å². The number of amides is 1. The van der Waals surface area contributed by atoms with Gasteiger partial charge in [0.1, 0.15) is 0 Å². The third-order valence-corrected chi connectivity index (χ3v) is 6.01. The lowest BCUT2D eigenvalue weighted by atomic mass is 9.97. The number of hydrogen-bond acceptors (Lipinski definition) is 5. The second kappa shape index (κ2) is 7.17. The fourth-order valence-electron chi connectivity index (χ4n) is 3.87. The molecule has 2 aliphatic rings. The van der Waals surface area contributed by atoms with Crippen molar-refractivity contribution in [3.05, 3.63) is 41.5 Å². The number of imidazole rings is 1. The molecule has 0 aromatic carbocycles. The van der Waals surface area contributed by atoms with E-state index in [1.54, 1.807) is 4.68 Å². The molecule has 2 fully saturated rings. The van der Waals surface area contributed by atoms with Crippen molar-refractivity contribution in [3.8, 4) is 5.88 Å². The van der Waals surface area contributed by atoms with Crippen molar-refractivity contribution in [2.24, 2.45) is 13.0 Å². The van der Waals surface area contributed by atoms with Crippen LogP contribution < -0.4 is 4.74 Å². The van der Waals surface area contributed by atoms with Crippen LogP contribution in [0.4, 0.5) is 0 Å². The van der Waals surface area contributed by atoms with E-state index in [9.17, 15) is 4.79 Å². The van der Waals surface area contributed by atoms with Gasteiger partial charge in [0.15, 0.2) is 11.3 Å². The zero-order valence-corrected chi connectivity index (χ0v) is 16.9. The molecule has 8 heteroatoms. The van der Waals surface area contributed by atoms with Crippen LogP contribution in [0.15, 0.2) is 24.4 Å². The van der Waals surface area contributed by atoms with Gasteiger partial charge in [0.2, 0.25) is 5.88 Å². The average Bonchev–Trinajstić information content (AvgIpc) is 3.41. The quantitative estimate of drug-likeness (QED) is 0.665. The monoisotopic (exact) mass is 394 g/mol. The van der Waals surface area contributed by atoms with Gasteiger partial charge in [0, 0.05) is 37.8 Å². The maximum atomic E-state index is 12.6. The molecule has 3 aromatic heterocycles. The third kappa shape index (κ3) is 3.71. The summed E-state index contributed by atoms with van der Waals surface area (Å²) < 4.78 is 9.52. The van der Waals surface area contributed by atoms with Crippen LogP contribution in [0.1, 0.15) is 53.5 Å². The molecule has 0 unspecified atom stereocenters. The fourth-order valence-corrected chi connectivity index (χ4v) is 3.87. The van der Waals surface area contributed by atoms with E-state index in [2.05, 4.69) is 15.2 Å². The number of carbonyl (C=O) groups is 1. The van der Waals surface area contributed by atoms with Crippen molar-refractivity contribution in [1.82, 2.24) is 29.3 Å². The number of rotatable bonds is 5. The van der Waals surface area contributed by atoms with Crippen LogP contribution in [0.25, 0.3) is 5.65 Å². The number of hydrogen-bond donors (Lipinski definition) is 0. The predicted octanol–water partition coefficient (Wildman–Crippen LogP) is 2.58. The first-order chi connectivity index (χ1) is 14.1. The standard InChI is InChI=1S/C21H26N6O2/c1-14-11-17(23-25(14)2)21(28)26-9-7-15(8-10-26)13-29-20-6-5-19-22-18(16-3-4-16)12-27(19)24-20/h5-6,11-12,15-16H,3-4,7-10,13H2,1-2H3. The predicted molar refractivity (Wildman–Crippen MR) is 107 cm³/mol. The second-order valence-corrected chi connectivity index (χ2v) is 8.26. The lowest BCUT2D eigenvalue weighted by Crippen LogP contribution is -2.40. The van der Waals surface area contributed by atoms with Crippen molar-refractivity contribution in [2.45, 2.75) is 38.5 Å². The van der Waals surface area contributed by atoms with Gasteiger partial charge in [0.05, 0.1) is 18.5 Å². The number of nitrogens with zero attached hydrogens (tertiary/aromatic N) is 6. The Balaban J connectivity index is 1.15. The van der Waals surface area contributed by atoms with Crippen LogP contribution in [0.5, 0.6) is 5.88 Å². The summed E-state index contributed by atoms with van der Waals surface area (Å²) in [5.41, 5.74) is 3.52. The van der Waals surface area contributed by atoms with E-state index >= 15 is 0 Å². The van der Waals surface area contributed by atoms with Gasteiger partial charge in [-0.3, -0.25) is 9.48 Å². The van der Waals surface area contributed by atoms with Crippen LogP contribution >= 0.6 is 0 Å². The van der Waals surface area contributed by atoms with E-state index < -0.39 is 0 Å². The molecule has 152 valence electrons. The minimum Gasteiger partial charge on any atom is -0.476 e. The summed E-state index contributed by atoms with van der Waals surface area (Å²) in [4.78, 5) is 19.1. The summed E-state index contributed by atoms with van der Waals surface area (Å²) in [6.07, 6.45) is 6.33. The lowest BCUT2D eigenvalue weighted by molar-refractivity contribution is 0.0652. The molecule has 4 heterocycles. The topological polar surface area (TPSA) is 77.6 Å². The first-order valence-electron chi connectivity index (χ1n) is 10.4. The number of likely N-dealkylation sites (tertiary alicyclic amines) is 1. The normalized spacial score (nSPS) is 17.8. The minimum absolute atomic E-state index is 0.0201. The summed E-state index contributed by atoms with van der Waals surface area (Å²) in [5.74, 6) is 1.68. The molecule has 1 saturated carbocycles. The van der Waals surface area contributed by atoms with Gasteiger partial charge >= 0.3 is 0 Å². The maximum absolute atomic E-state index is 12.6. The Morgan fingerprint density at radius 2 is 1.97 bits per heavy atom. The van der Waals surface area contributed by atoms with Gasteiger partial charge in [-0.25, -0.2) is 9.50 Å². The van der Waals surface area contributed by atoms with E-state index in [0.29, 0.717) is 30.0 Å². The van der Waals surface area contributed by atoms with Crippen molar-refractivity contribution < 1.29 is 9.53 Å². The molecule has 1 amide bonds. The zero-order chi connectivity index (χ0) is 20.0. The molecular formula is C21H26N6O2. The first kappa shape index (κ1) is 18.1. The Labute approximate surface area is 169 Å². The number of aryl methyl sites for hydroxylation is 2. The zero-order valence-electron chi connectivity index (χ0n) is 16.9. The highest BCUT2D eigenvalue weighted by Crippen LogP contribution is 2.39. The second-order valence-electron chi connectivity index (χ2n) is 8.26. The van der Waals surface area contributed by atoms with E-state index in [1.165, 1.54) is 12.8 Å². The number of ether oxygens (including phenoxy) is 1.